The summed E-state index contributed by atoms with van der Waals surface area (Å²) in [6.45, 7) is 3.82. The molecule has 0 aliphatic carbocycles. The van der Waals surface area contributed by atoms with Crippen LogP contribution in [-0.2, 0) is 4.74 Å². The second-order valence-corrected chi connectivity index (χ2v) is 4.79. The number of hydrogen-bond acceptors (Lipinski definition) is 6. The van der Waals surface area contributed by atoms with Gasteiger partial charge in [-0.2, -0.15) is 9.97 Å². The quantitative estimate of drug-likeness (QED) is 0.910. The van der Waals surface area contributed by atoms with Crippen molar-refractivity contribution in [1.82, 2.24) is 9.97 Å². The predicted molar refractivity (Wildman–Crippen MR) is 80.1 cm³/mol. The molecular formula is C15H19N3O3. The highest BCUT2D eigenvalue weighted by molar-refractivity contribution is 5.94. The number of rotatable bonds is 5. The second kappa shape index (κ2) is 6.13. The average Bonchev–Trinajstić information content (AvgIpc) is 3.00. The van der Waals surface area contributed by atoms with Crippen LogP contribution in [-0.4, -0.2) is 42.9 Å². The fraction of sp³-hybridized carbons (Fsp3) is 0.467. The molecular weight excluding hydrogens is 270 g/mol. The Morgan fingerprint density at radius 1 is 1.38 bits per heavy atom. The van der Waals surface area contributed by atoms with Gasteiger partial charge in [0.2, 0.25) is 0 Å². The SMILES string of the molecule is CCOc1nc(NC)c2c(OC3CCOC3)cccc2n1. The van der Waals surface area contributed by atoms with E-state index in [1.807, 2.05) is 32.2 Å². The molecule has 6 heteroatoms. The molecule has 1 N–H and O–H groups in total. The van der Waals surface area contributed by atoms with Crippen molar-refractivity contribution in [3.05, 3.63) is 18.2 Å². The highest BCUT2D eigenvalue weighted by Crippen LogP contribution is 2.32. The van der Waals surface area contributed by atoms with Gasteiger partial charge in [0.1, 0.15) is 17.7 Å². The van der Waals surface area contributed by atoms with Crippen molar-refractivity contribution in [1.29, 1.82) is 0 Å². The Morgan fingerprint density at radius 3 is 3.00 bits per heavy atom. The number of anilines is 1. The first-order chi connectivity index (χ1) is 10.3. The van der Waals surface area contributed by atoms with Crippen molar-refractivity contribution >= 4 is 16.7 Å². The zero-order valence-electron chi connectivity index (χ0n) is 12.3. The molecule has 1 aromatic carbocycles. The van der Waals surface area contributed by atoms with E-state index in [2.05, 4.69) is 15.3 Å². The topological polar surface area (TPSA) is 65.5 Å². The maximum absolute atomic E-state index is 6.05. The number of ether oxygens (including phenoxy) is 3. The van der Waals surface area contributed by atoms with Gasteiger partial charge in [-0.25, -0.2) is 0 Å². The Balaban J connectivity index is 2.03. The molecule has 1 aliphatic rings. The molecule has 0 amide bonds. The van der Waals surface area contributed by atoms with E-state index >= 15 is 0 Å². The molecule has 3 rings (SSSR count). The van der Waals surface area contributed by atoms with Gasteiger partial charge in [0.15, 0.2) is 0 Å². The molecule has 112 valence electrons. The van der Waals surface area contributed by atoms with Crippen LogP contribution in [0.25, 0.3) is 10.9 Å². The van der Waals surface area contributed by atoms with Crippen molar-refractivity contribution in [3.63, 3.8) is 0 Å². The molecule has 1 fully saturated rings. The largest absolute Gasteiger partial charge is 0.487 e. The monoisotopic (exact) mass is 289 g/mol. The van der Waals surface area contributed by atoms with Gasteiger partial charge in [0, 0.05) is 13.5 Å². The lowest BCUT2D eigenvalue weighted by Gasteiger charge is -2.16. The normalized spacial score (nSPS) is 17.9. The van der Waals surface area contributed by atoms with Crippen LogP contribution in [0.5, 0.6) is 11.8 Å². The summed E-state index contributed by atoms with van der Waals surface area (Å²) in [5.41, 5.74) is 0.800. The molecule has 1 saturated heterocycles. The average molecular weight is 289 g/mol. The summed E-state index contributed by atoms with van der Waals surface area (Å²) < 4.78 is 16.8. The number of fused-ring (bicyclic) bond motifs is 1. The van der Waals surface area contributed by atoms with Crippen molar-refractivity contribution < 1.29 is 14.2 Å². The van der Waals surface area contributed by atoms with E-state index in [4.69, 9.17) is 14.2 Å². The lowest BCUT2D eigenvalue weighted by atomic mass is 10.2. The molecule has 1 atom stereocenters. The summed E-state index contributed by atoms with van der Waals surface area (Å²) in [4.78, 5) is 8.81. The second-order valence-electron chi connectivity index (χ2n) is 4.79. The van der Waals surface area contributed by atoms with Crippen molar-refractivity contribution in [3.8, 4) is 11.8 Å². The van der Waals surface area contributed by atoms with E-state index in [-0.39, 0.29) is 6.10 Å². The maximum Gasteiger partial charge on any atom is 0.318 e. The fourth-order valence-electron chi connectivity index (χ4n) is 2.39. The molecule has 21 heavy (non-hydrogen) atoms. The van der Waals surface area contributed by atoms with Crippen LogP contribution in [0.4, 0.5) is 5.82 Å². The Labute approximate surface area is 123 Å². The number of benzene rings is 1. The molecule has 0 saturated carbocycles. The van der Waals surface area contributed by atoms with Crippen LogP contribution in [0.15, 0.2) is 18.2 Å². The van der Waals surface area contributed by atoms with Gasteiger partial charge in [0.05, 0.1) is 30.7 Å². The fourth-order valence-corrected chi connectivity index (χ4v) is 2.39. The Hall–Kier alpha value is -2.08. The van der Waals surface area contributed by atoms with Crippen LogP contribution < -0.4 is 14.8 Å². The standard InChI is InChI=1S/C15H19N3O3/c1-3-20-15-17-11-5-4-6-12(13(11)14(16-2)18-15)21-10-7-8-19-9-10/h4-6,10H,3,7-9H2,1-2H3,(H,16,17,18). The van der Waals surface area contributed by atoms with Crippen molar-refractivity contribution in [2.75, 3.05) is 32.2 Å². The molecule has 2 aromatic rings. The minimum absolute atomic E-state index is 0.0897. The minimum Gasteiger partial charge on any atom is -0.487 e. The third-order valence-corrected chi connectivity index (χ3v) is 3.36. The smallest absolute Gasteiger partial charge is 0.318 e. The van der Waals surface area contributed by atoms with E-state index < -0.39 is 0 Å². The molecule has 1 aromatic heterocycles. The van der Waals surface area contributed by atoms with Gasteiger partial charge >= 0.3 is 6.01 Å². The van der Waals surface area contributed by atoms with Gasteiger partial charge in [-0.1, -0.05) is 6.07 Å². The Morgan fingerprint density at radius 2 is 2.29 bits per heavy atom. The Kier molecular flexibility index (Phi) is 4.06. The molecule has 2 heterocycles. The maximum atomic E-state index is 6.05. The molecule has 0 bridgehead atoms. The summed E-state index contributed by atoms with van der Waals surface area (Å²) in [5.74, 6) is 1.48. The third kappa shape index (κ3) is 2.85. The van der Waals surface area contributed by atoms with Crippen molar-refractivity contribution in [2.24, 2.45) is 0 Å². The van der Waals surface area contributed by atoms with Gasteiger partial charge in [-0.15, -0.1) is 0 Å². The Bertz CT molecular complexity index is 627. The third-order valence-electron chi connectivity index (χ3n) is 3.36. The lowest BCUT2D eigenvalue weighted by molar-refractivity contribution is 0.142. The van der Waals surface area contributed by atoms with Gasteiger partial charge in [-0.3, -0.25) is 0 Å². The summed E-state index contributed by atoms with van der Waals surface area (Å²) in [7, 11) is 1.83. The zero-order valence-corrected chi connectivity index (χ0v) is 12.3. The first kappa shape index (κ1) is 13.9. The highest BCUT2D eigenvalue weighted by atomic mass is 16.5. The van der Waals surface area contributed by atoms with E-state index in [1.165, 1.54) is 0 Å². The number of hydrogen-bond donors (Lipinski definition) is 1. The summed E-state index contributed by atoms with van der Waals surface area (Å²) in [5, 5.41) is 3.96. The molecule has 6 nitrogen and oxygen atoms in total. The highest BCUT2D eigenvalue weighted by Gasteiger charge is 2.20. The summed E-state index contributed by atoms with van der Waals surface area (Å²) >= 11 is 0. The number of aromatic nitrogens is 2. The first-order valence-corrected chi connectivity index (χ1v) is 7.17. The summed E-state index contributed by atoms with van der Waals surface area (Å²) in [6.07, 6.45) is 0.996. The van der Waals surface area contributed by atoms with E-state index in [1.54, 1.807) is 0 Å². The molecule has 0 spiro atoms. The van der Waals surface area contributed by atoms with Crippen LogP contribution in [0, 0.1) is 0 Å². The molecule has 1 aliphatic heterocycles. The zero-order chi connectivity index (χ0) is 14.7. The number of nitrogens with one attached hydrogen (secondary N) is 1. The van der Waals surface area contributed by atoms with Gasteiger partial charge in [0.25, 0.3) is 0 Å². The van der Waals surface area contributed by atoms with Crippen LogP contribution in [0.3, 0.4) is 0 Å². The summed E-state index contributed by atoms with van der Waals surface area (Å²) in [6, 6.07) is 6.16. The van der Waals surface area contributed by atoms with Crippen LogP contribution in [0.2, 0.25) is 0 Å². The van der Waals surface area contributed by atoms with Gasteiger partial charge < -0.3 is 19.5 Å². The predicted octanol–water partition coefficient (Wildman–Crippen LogP) is 2.24. The molecule has 1 unspecified atom stereocenters. The minimum atomic E-state index is 0.0897. The molecule has 0 radical (unpaired) electrons. The lowest BCUT2D eigenvalue weighted by Crippen LogP contribution is -2.16. The van der Waals surface area contributed by atoms with E-state index in [0.29, 0.717) is 25.0 Å². The van der Waals surface area contributed by atoms with Crippen molar-refractivity contribution in [2.45, 2.75) is 19.4 Å². The van der Waals surface area contributed by atoms with E-state index in [9.17, 15) is 0 Å². The van der Waals surface area contributed by atoms with Crippen LogP contribution in [0.1, 0.15) is 13.3 Å². The van der Waals surface area contributed by atoms with Gasteiger partial charge in [-0.05, 0) is 19.1 Å². The van der Waals surface area contributed by atoms with E-state index in [0.717, 1.165) is 29.7 Å². The van der Waals surface area contributed by atoms with Crippen LogP contribution >= 0.6 is 0 Å². The first-order valence-electron chi connectivity index (χ1n) is 7.17. The number of nitrogens with zero attached hydrogens (tertiary/aromatic N) is 2.